The number of carboxylic acids is 1. The zero-order valence-corrected chi connectivity index (χ0v) is 11.8. The quantitative estimate of drug-likeness (QED) is 0.791. The molecule has 2 rings (SSSR count). The lowest BCUT2D eigenvalue weighted by Crippen LogP contribution is -2.46. The highest BCUT2D eigenvalue weighted by Gasteiger charge is 2.38. The van der Waals surface area contributed by atoms with Gasteiger partial charge in [-0.05, 0) is 51.0 Å². The van der Waals surface area contributed by atoms with Gasteiger partial charge in [0.1, 0.15) is 0 Å². The van der Waals surface area contributed by atoms with Gasteiger partial charge in [-0.15, -0.1) is 0 Å². The Bertz CT molecular complexity index is 288. The van der Waals surface area contributed by atoms with Gasteiger partial charge in [-0.25, -0.2) is 0 Å². The van der Waals surface area contributed by atoms with Gasteiger partial charge in [0, 0.05) is 12.6 Å². The fraction of sp³-hybridized carbons (Fsp3) is 0.933. The van der Waals surface area contributed by atoms with E-state index in [1.54, 1.807) is 0 Å². The smallest absolute Gasteiger partial charge is 0.308 e. The summed E-state index contributed by atoms with van der Waals surface area (Å²) >= 11 is 0. The molecule has 0 saturated heterocycles. The Morgan fingerprint density at radius 3 is 2.44 bits per heavy atom. The number of rotatable bonds is 6. The molecule has 3 atom stereocenters. The first kappa shape index (κ1) is 13.9. The minimum Gasteiger partial charge on any atom is -0.481 e. The second kappa shape index (κ2) is 6.05. The highest BCUT2D eigenvalue weighted by molar-refractivity contribution is 5.71. The summed E-state index contributed by atoms with van der Waals surface area (Å²) in [5.74, 6) is 0.868. The van der Waals surface area contributed by atoms with E-state index in [1.807, 2.05) is 0 Å². The van der Waals surface area contributed by atoms with Gasteiger partial charge in [0.2, 0.25) is 0 Å². The van der Waals surface area contributed by atoms with Gasteiger partial charge in [-0.3, -0.25) is 4.79 Å². The molecular formula is C15H27NO2. The molecule has 0 aromatic rings. The van der Waals surface area contributed by atoms with E-state index in [0.29, 0.717) is 0 Å². The third-order valence-corrected chi connectivity index (χ3v) is 4.75. The van der Waals surface area contributed by atoms with Crippen molar-refractivity contribution in [3.05, 3.63) is 0 Å². The minimum atomic E-state index is -0.586. The van der Waals surface area contributed by atoms with Crippen molar-refractivity contribution in [1.29, 1.82) is 0 Å². The summed E-state index contributed by atoms with van der Waals surface area (Å²) < 4.78 is 0. The lowest BCUT2D eigenvalue weighted by Gasteiger charge is -2.39. The van der Waals surface area contributed by atoms with Gasteiger partial charge in [-0.2, -0.15) is 0 Å². The maximum absolute atomic E-state index is 11.4. The SMILES string of the molecule is CCCC1CCC(C(=O)O)C(N(C)CC2CC2)C1. The molecule has 2 aliphatic carbocycles. The normalized spacial score (nSPS) is 32.7. The molecule has 0 bridgehead atoms. The molecule has 0 radical (unpaired) electrons. The van der Waals surface area contributed by atoms with Gasteiger partial charge in [0.15, 0.2) is 0 Å². The fourth-order valence-electron chi connectivity index (χ4n) is 3.52. The van der Waals surface area contributed by atoms with Crippen molar-refractivity contribution in [1.82, 2.24) is 4.90 Å². The molecule has 3 unspecified atom stereocenters. The van der Waals surface area contributed by atoms with Crippen LogP contribution < -0.4 is 0 Å². The molecule has 0 amide bonds. The van der Waals surface area contributed by atoms with E-state index in [4.69, 9.17) is 0 Å². The molecule has 0 spiro atoms. The van der Waals surface area contributed by atoms with Crippen molar-refractivity contribution in [3.8, 4) is 0 Å². The number of hydrogen-bond acceptors (Lipinski definition) is 2. The van der Waals surface area contributed by atoms with Crippen LogP contribution in [0.5, 0.6) is 0 Å². The van der Waals surface area contributed by atoms with Crippen LogP contribution in [0.3, 0.4) is 0 Å². The van der Waals surface area contributed by atoms with Crippen molar-refractivity contribution in [2.45, 2.75) is 57.9 Å². The molecule has 0 heterocycles. The molecule has 2 aliphatic rings. The summed E-state index contributed by atoms with van der Waals surface area (Å²) in [6.07, 6.45) is 8.24. The van der Waals surface area contributed by atoms with Crippen LogP contribution in [0.25, 0.3) is 0 Å². The maximum atomic E-state index is 11.4. The molecular weight excluding hydrogens is 226 g/mol. The van der Waals surface area contributed by atoms with E-state index in [1.165, 1.54) is 25.7 Å². The number of nitrogens with zero attached hydrogens (tertiary/aromatic N) is 1. The molecule has 0 aromatic heterocycles. The van der Waals surface area contributed by atoms with Crippen LogP contribution in [-0.4, -0.2) is 35.6 Å². The summed E-state index contributed by atoms with van der Waals surface area (Å²) in [7, 11) is 2.13. The first-order valence-corrected chi connectivity index (χ1v) is 7.54. The van der Waals surface area contributed by atoms with Gasteiger partial charge in [-0.1, -0.05) is 19.8 Å². The van der Waals surface area contributed by atoms with E-state index in [2.05, 4.69) is 18.9 Å². The lowest BCUT2D eigenvalue weighted by atomic mass is 9.76. The van der Waals surface area contributed by atoms with Gasteiger partial charge in [0.05, 0.1) is 5.92 Å². The molecule has 1 N–H and O–H groups in total. The van der Waals surface area contributed by atoms with Gasteiger partial charge < -0.3 is 10.0 Å². The molecule has 2 saturated carbocycles. The first-order valence-electron chi connectivity index (χ1n) is 7.54. The Kier molecular flexibility index (Phi) is 4.66. The van der Waals surface area contributed by atoms with Crippen LogP contribution >= 0.6 is 0 Å². The minimum absolute atomic E-state index is 0.137. The first-order chi connectivity index (χ1) is 8.61. The van der Waals surface area contributed by atoms with Crippen LogP contribution in [0.15, 0.2) is 0 Å². The van der Waals surface area contributed by atoms with E-state index in [0.717, 1.165) is 37.6 Å². The van der Waals surface area contributed by atoms with Crippen LogP contribution in [-0.2, 0) is 4.79 Å². The second-order valence-corrected chi connectivity index (χ2v) is 6.36. The predicted molar refractivity (Wildman–Crippen MR) is 72.5 cm³/mol. The molecule has 2 fully saturated rings. The number of carbonyl (C=O) groups is 1. The topological polar surface area (TPSA) is 40.5 Å². The fourth-order valence-corrected chi connectivity index (χ4v) is 3.52. The van der Waals surface area contributed by atoms with Crippen molar-refractivity contribution in [2.24, 2.45) is 17.8 Å². The highest BCUT2D eigenvalue weighted by Crippen LogP contribution is 2.37. The Morgan fingerprint density at radius 1 is 1.22 bits per heavy atom. The van der Waals surface area contributed by atoms with Crippen molar-refractivity contribution < 1.29 is 9.90 Å². The van der Waals surface area contributed by atoms with Gasteiger partial charge in [0.25, 0.3) is 0 Å². The van der Waals surface area contributed by atoms with Crippen molar-refractivity contribution >= 4 is 5.97 Å². The lowest BCUT2D eigenvalue weighted by molar-refractivity contribution is -0.146. The summed E-state index contributed by atoms with van der Waals surface area (Å²) in [6.45, 7) is 3.33. The average Bonchev–Trinajstić information content (AvgIpc) is 3.13. The average molecular weight is 253 g/mol. The van der Waals surface area contributed by atoms with E-state index < -0.39 is 5.97 Å². The van der Waals surface area contributed by atoms with Crippen molar-refractivity contribution in [3.63, 3.8) is 0 Å². The largest absolute Gasteiger partial charge is 0.481 e. The molecule has 0 aliphatic heterocycles. The summed E-state index contributed by atoms with van der Waals surface area (Å²) in [5, 5.41) is 9.40. The Hall–Kier alpha value is -0.570. The van der Waals surface area contributed by atoms with E-state index >= 15 is 0 Å². The maximum Gasteiger partial charge on any atom is 0.308 e. The second-order valence-electron chi connectivity index (χ2n) is 6.36. The third kappa shape index (κ3) is 3.47. The molecule has 3 nitrogen and oxygen atoms in total. The third-order valence-electron chi connectivity index (χ3n) is 4.75. The van der Waals surface area contributed by atoms with Crippen molar-refractivity contribution in [2.75, 3.05) is 13.6 Å². The standard InChI is InChI=1S/C15H27NO2/c1-3-4-11-7-8-13(15(17)18)14(9-11)16(2)10-12-5-6-12/h11-14H,3-10H2,1-2H3,(H,17,18). The highest BCUT2D eigenvalue weighted by atomic mass is 16.4. The summed E-state index contributed by atoms with van der Waals surface area (Å²) in [4.78, 5) is 13.8. The Balaban J connectivity index is 1.96. The van der Waals surface area contributed by atoms with Gasteiger partial charge >= 0.3 is 5.97 Å². The van der Waals surface area contributed by atoms with Crippen LogP contribution in [0, 0.1) is 17.8 Å². The summed E-state index contributed by atoms with van der Waals surface area (Å²) in [6, 6.07) is 0.272. The monoisotopic (exact) mass is 253 g/mol. The zero-order chi connectivity index (χ0) is 13.1. The zero-order valence-electron chi connectivity index (χ0n) is 11.8. The van der Waals surface area contributed by atoms with E-state index in [9.17, 15) is 9.90 Å². The molecule has 18 heavy (non-hydrogen) atoms. The predicted octanol–water partition coefficient (Wildman–Crippen LogP) is 3.00. The van der Waals surface area contributed by atoms with E-state index in [-0.39, 0.29) is 12.0 Å². The van der Waals surface area contributed by atoms with Crippen LogP contribution in [0.1, 0.15) is 51.9 Å². The number of carboxylic acid groups (broad SMARTS) is 1. The Labute approximate surface area is 111 Å². The number of hydrogen-bond donors (Lipinski definition) is 1. The number of aliphatic carboxylic acids is 1. The molecule has 0 aromatic carbocycles. The molecule has 3 heteroatoms. The molecule has 104 valence electrons. The van der Waals surface area contributed by atoms with Crippen LogP contribution in [0.4, 0.5) is 0 Å². The summed E-state index contributed by atoms with van der Waals surface area (Å²) in [5.41, 5.74) is 0. The van der Waals surface area contributed by atoms with Crippen LogP contribution in [0.2, 0.25) is 0 Å². The Morgan fingerprint density at radius 2 is 1.89 bits per heavy atom.